The van der Waals surface area contributed by atoms with Crippen LogP contribution in [0.1, 0.15) is 11.1 Å². The number of para-hydroxylation sites is 1. The average molecular weight is 283 g/mol. The molecule has 1 rings (SSSR count). The molecule has 0 amide bonds. The van der Waals surface area contributed by atoms with E-state index >= 15 is 0 Å². The normalized spacial score (nSPS) is 14.1. The smallest absolute Gasteiger partial charge is 0.125 e. The van der Waals surface area contributed by atoms with Gasteiger partial charge in [-0.1, -0.05) is 18.2 Å². The van der Waals surface area contributed by atoms with Gasteiger partial charge in [-0.25, -0.2) is 0 Å². The van der Waals surface area contributed by atoms with Crippen molar-refractivity contribution in [2.24, 2.45) is 0 Å². The zero-order valence-electron chi connectivity index (χ0n) is 12.4. The van der Waals surface area contributed by atoms with E-state index in [0.717, 1.165) is 16.9 Å². The van der Waals surface area contributed by atoms with Crippen molar-refractivity contribution in [3.8, 4) is 5.75 Å². The number of rotatable bonds is 9. The third-order valence-corrected chi connectivity index (χ3v) is 3.06. The summed E-state index contributed by atoms with van der Waals surface area (Å²) in [6, 6.07) is 5.77. The van der Waals surface area contributed by atoms with E-state index < -0.39 is 6.10 Å². The van der Waals surface area contributed by atoms with Crippen molar-refractivity contribution in [1.29, 1.82) is 0 Å². The van der Waals surface area contributed by atoms with Crippen molar-refractivity contribution in [3.63, 3.8) is 0 Å². The van der Waals surface area contributed by atoms with Gasteiger partial charge in [0.1, 0.15) is 18.5 Å². The van der Waals surface area contributed by atoms with Gasteiger partial charge in [-0.05, 0) is 25.0 Å². The SMILES string of the molecule is COCC(CO)NCC(O)COc1c(C)cccc1C. The molecule has 1 aromatic rings. The van der Waals surface area contributed by atoms with Gasteiger partial charge >= 0.3 is 0 Å². The number of methoxy groups -OCH3 is 1. The average Bonchev–Trinajstić information content (AvgIpc) is 2.42. The maximum atomic E-state index is 9.89. The minimum atomic E-state index is -0.639. The Kier molecular flexibility index (Phi) is 7.54. The van der Waals surface area contributed by atoms with E-state index in [0.29, 0.717) is 13.2 Å². The first-order valence-electron chi connectivity index (χ1n) is 6.78. The van der Waals surface area contributed by atoms with E-state index in [4.69, 9.17) is 14.6 Å². The summed E-state index contributed by atoms with van der Waals surface area (Å²) in [5.74, 6) is 0.821. The van der Waals surface area contributed by atoms with Gasteiger partial charge < -0.3 is 25.0 Å². The lowest BCUT2D eigenvalue weighted by Gasteiger charge is -2.19. The number of aliphatic hydroxyl groups excluding tert-OH is 2. The van der Waals surface area contributed by atoms with Crippen molar-refractivity contribution >= 4 is 0 Å². The molecule has 0 aliphatic carbocycles. The van der Waals surface area contributed by atoms with Gasteiger partial charge in [-0.2, -0.15) is 0 Å². The summed E-state index contributed by atoms with van der Waals surface area (Å²) in [5, 5.41) is 22.0. The first-order chi connectivity index (χ1) is 9.58. The fourth-order valence-electron chi connectivity index (χ4n) is 1.95. The molecule has 2 atom stereocenters. The van der Waals surface area contributed by atoms with Gasteiger partial charge in [-0.3, -0.25) is 0 Å². The number of benzene rings is 1. The third-order valence-electron chi connectivity index (χ3n) is 3.06. The standard InChI is InChI=1S/C15H25NO4/c1-11-5-4-6-12(2)15(11)20-10-14(18)7-16-13(8-17)9-19-3/h4-6,13-14,16-18H,7-10H2,1-3H3. The molecule has 0 heterocycles. The number of nitrogens with one attached hydrogen (secondary N) is 1. The molecule has 114 valence electrons. The fraction of sp³-hybridized carbons (Fsp3) is 0.600. The molecule has 3 N–H and O–H groups in total. The van der Waals surface area contributed by atoms with Crippen molar-refractivity contribution < 1.29 is 19.7 Å². The molecule has 0 aliphatic rings. The minimum Gasteiger partial charge on any atom is -0.490 e. The summed E-state index contributed by atoms with van der Waals surface area (Å²) >= 11 is 0. The number of aliphatic hydroxyl groups is 2. The van der Waals surface area contributed by atoms with Gasteiger partial charge in [0.2, 0.25) is 0 Å². The molecular weight excluding hydrogens is 258 g/mol. The highest BCUT2D eigenvalue weighted by Crippen LogP contribution is 2.22. The van der Waals surface area contributed by atoms with E-state index in [1.807, 2.05) is 32.0 Å². The molecule has 2 unspecified atom stereocenters. The highest BCUT2D eigenvalue weighted by Gasteiger charge is 2.11. The minimum absolute atomic E-state index is 0.0294. The molecule has 5 heteroatoms. The third kappa shape index (κ3) is 5.46. The predicted molar refractivity (Wildman–Crippen MR) is 78.2 cm³/mol. The lowest BCUT2D eigenvalue weighted by Crippen LogP contribution is -2.42. The van der Waals surface area contributed by atoms with Crippen LogP contribution in [-0.4, -0.2) is 55.8 Å². The lowest BCUT2D eigenvalue weighted by molar-refractivity contribution is 0.0850. The van der Waals surface area contributed by atoms with Gasteiger partial charge in [0.15, 0.2) is 0 Å². The summed E-state index contributed by atoms with van der Waals surface area (Å²) in [5.41, 5.74) is 2.11. The molecule has 5 nitrogen and oxygen atoms in total. The quantitative estimate of drug-likeness (QED) is 0.620. The van der Waals surface area contributed by atoms with Crippen molar-refractivity contribution in [1.82, 2.24) is 5.32 Å². The molecule has 0 fully saturated rings. The summed E-state index contributed by atoms with van der Waals surface area (Å²) in [7, 11) is 1.57. The number of hydrogen-bond acceptors (Lipinski definition) is 5. The van der Waals surface area contributed by atoms with Crippen molar-refractivity contribution in [2.75, 3.05) is 33.5 Å². The van der Waals surface area contributed by atoms with Crippen LogP contribution in [0.4, 0.5) is 0 Å². The Balaban J connectivity index is 2.38. The number of ether oxygens (including phenoxy) is 2. The van der Waals surface area contributed by atoms with Crippen LogP contribution in [-0.2, 0) is 4.74 Å². The summed E-state index contributed by atoms with van der Waals surface area (Å²) in [6.07, 6.45) is -0.639. The fourth-order valence-corrected chi connectivity index (χ4v) is 1.95. The first kappa shape index (κ1) is 16.9. The van der Waals surface area contributed by atoms with Crippen LogP contribution in [0.5, 0.6) is 5.75 Å². The summed E-state index contributed by atoms with van der Waals surface area (Å²) in [4.78, 5) is 0. The maximum Gasteiger partial charge on any atom is 0.125 e. The van der Waals surface area contributed by atoms with E-state index in [-0.39, 0.29) is 19.3 Å². The Morgan fingerprint density at radius 3 is 2.40 bits per heavy atom. The van der Waals surface area contributed by atoms with Gasteiger partial charge in [0.25, 0.3) is 0 Å². The lowest BCUT2D eigenvalue weighted by atomic mass is 10.1. The van der Waals surface area contributed by atoms with E-state index in [1.165, 1.54) is 0 Å². The number of aryl methyl sites for hydroxylation is 2. The highest BCUT2D eigenvalue weighted by molar-refractivity contribution is 5.39. The van der Waals surface area contributed by atoms with Crippen molar-refractivity contribution in [3.05, 3.63) is 29.3 Å². The molecule has 0 saturated heterocycles. The maximum absolute atomic E-state index is 9.89. The molecule has 0 bridgehead atoms. The Morgan fingerprint density at radius 2 is 1.85 bits per heavy atom. The van der Waals surface area contributed by atoms with Crippen LogP contribution >= 0.6 is 0 Å². The van der Waals surface area contributed by atoms with Crippen LogP contribution in [0, 0.1) is 13.8 Å². The monoisotopic (exact) mass is 283 g/mol. The van der Waals surface area contributed by atoms with E-state index in [9.17, 15) is 5.11 Å². The van der Waals surface area contributed by atoms with Gasteiger partial charge in [0, 0.05) is 13.7 Å². The van der Waals surface area contributed by atoms with Crippen LogP contribution in [0.15, 0.2) is 18.2 Å². The molecule has 0 aromatic heterocycles. The molecule has 0 saturated carbocycles. The summed E-state index contributed by atoms with van der Waals surface area (Å²) in [6.45, 7) is 4.89. The topological polar surface area (TPSA) is 71.0 Å². The van der Waals surface area contributed by atoms with Crippen molar-refractivity contribution in [2.45, 2.75) is 26.0 Å². The van der Waals surface area contributed by atoms with E-state index in [2.05, 4.69) is 5.32 Å². The second kappa shape index (κ2) is 8.92. The molecule has 20 heavy (non-hydrogen) atoms. The van der Waals surface area contributed by atoms with Gasteiger partial charge in [0.05, 0.1) is 19.3 Å². The van der Waals surface area contributed by atoms with E-state index in [1.54, 1.807) is 7.11 Å². The van der Waals surface area contributed by atoms with Crippen LogP contribution < -0.4 is 10.1 Å². The Hall–Kier alpha value is -1.14. The Morgan fingerprint density at radius 1 is 1.20 bits per heavy atom. The van der Waals surface area contributed by atoms with Crippen LogP contribution in [0.2, 0.25) is 0 Å². The zero-order valence-corrected chi connectivity index (χ0v) is 12.4. The molecular formula is C15H25NO4. The Labute approximate surface area is 120 Å². The molecule has 0 aliphatic heterocycles. The molecule has 0 radical (unpaired) electrons. The highest BCUT2D eigenvalue weighted by atomic mass is 16.5. The second-order valence-electron chi connectivity index (χ2n) is 4.93. The second-order valence-corrected chi connectivity index (χ2v) is 4.93. The largest absolute Gasteiger partial charge is 0.490 e. The first-order valence-corrected chi connectivity index (χ1v) is 6.78. The number of hydrogen-bond donors (Lipinski definition) is 3. The van der Waals surface area contributed by atoms with Crippen LogP contribution in [0.3, 0.4) is 0 Å². The van der Waals surface area contributed by atoms with Crippen LogP contribution in [0.25, 0.3) is 0 Å². The zero-order chi connectivity index (χ0) is 15.0. The molecule has 0 spiro atoms. The van der Waals surface area contributed by atoms with Gasteiger partial charge in [-0.15, -0.1) is 0 Å². The molecule has 1 aromatic carbocycles. The summed E-state index contributed by atoms with van der Waals surface area (Å²) < 4.78 is 10.6. The Bertz CT molecular complexity index is 377. The predicted octanol–water partition coefficient (Wildman–Crippen LogP) is 0.640.